The van der Waals surface area contributed by atoms with Crippen LogP contribution in [0.5, 0.6) is 0 Å². The van der Waals surface area contributed by atoms with Crippen molar-refractivity contribution in [3.8, 4) is 0 Å². The van der Waals surface area contributed by atoms with Gasteiger partial charge in [0.05, 0.1) is 5.69 Å². The molecule has 0 unspecified atom stereocenters. The maximum absolute atomic E-state index is 11.1. The monoisotopic (exact) mass is 356 g/mol. The largest absolute Gasteiger partial charge is 0.366 e. The van der Waals surface area contributed by atoms with Gasteiger partial charge in [-0.05, 0) is 23.6 Å². The molecule has 7 heteroatoms. The van der Waals surface area contributed by atoms with Gasteiger partial charge in [0.2, 0.25) is 5.91 Å². The lowest BCUT2D eigenvalue weighted by molar-refractivity contribution is 0.100. The van der Waals surface area contributed by atoms with Crippen molar-refractivity contribution in [1.82, 2.24) is 20.0 Å². The van der Waals surface area contributed by atoms with Crippen LogP contribution in [0.3, 0.4) is 0 Å². The summed E-state index contributed by atoms with van der Waals surface area (Å²) in [5.41, 5.74) is 9.13. The first-order chi connectivity index (χ1) is 12.3. The number of nitrogens with zero attached hydrogens (tertiary/aromatic N) is 4. The lowest BCUT2D eigenvalue weighted by atomic mass is 10.1. The minimum Gasteiger partial charge on any atom is -0.366 e. The van der Waals surface area contributed by atoms with Gasteiger partial charge in [-0.2, -0.15) is 5.10 Å². The van der Waals surface area contributed by atoms with E-state index in [1.165, 1.54) is 5.56 Å². The summed E-state index contributed by atoms with van der Waals surface area (Å²) in [6.45, 7) is 5.63. The number of aliphatic imine (C=N–C) groups is 1. The quantitative estimate of drug-likeness (QED) is 0.611. The Balaban J connectivity index is 2.01. The van der Waals surface area contributed by atoms with Crippen molar-refractivity contribution in [3.63, 3.8) is 0 Å². The zero-order chi connectivity index (χ0) is 19.3. The van der Waals surface area contributed by atoms with Crippen LogP contribution in [0.1, 0.15) is 46.9 Å². The smallest absolute Gasteiger partial charge is 0.248 e. The van der Waals surface area contributed by atoms with Crippen molar-refractivity contribution >= 4 is 11.9 Å². The number of nitrogens with two attached hydrogens (primary N) is 1. The fraction of sp³-hybridized carbons (Fsp3) is 0.421. The van der Waals surface area contributed by atoms with E-state index >= 15 is 0 Å². The molecule has 0 atom stereocenters. The van der Waals surface area contributed by atoms with Gasteiger partial charge in [-0.15, -0.1) is 0 Å². The molecule has 0 bridgehead atoms. The Bertz CT molecular complexity index is 776. The number of carbonyl (C=O) groups excluding carboxylic acids is 1. The molecule has 0 saturated heterocycles. The molecule has 0 spiro atoms. The summed E-state index contributed by atoms with van der Waals surface area (Å²) in [5.74, 6) is 0.748. The van der Waals surface area contributed by atoms with E-state index in [1.807, 2.05) is 30.9 Å². The highest BCUT2D eigenvalue weighted by atomic mass is 16.1. The maximum atomic E-state index is 11.1. The third kappa shape index (κ3) is 4.84. The second kappa shape index (κ2) is 8.51. The number of carbonyl (C=O) groups is 1. The minimum atomic E-state index is -0.419. The lowest BCUT2D eigenvalue weighted by Gasteiger charge is -2.22. The van der Waals surface area contributed by atoms with E-state index in [9.17, 15) is 4.79 Å². The molecule has 1 aromatic carbocycles. The second-order valence-electron chi connectivity index (χ2n) is 6.69. The first-order valence-electron chi connectivity index (χ1n) is 8.64. The number of rotatable bonds is 6. The van der Waals surface area contributed by atoms with Crippen LogP contribution in [-0.4, -0.2) is 40.6 Å². The van der Waals surface area contributed by atoms with Crippen LogP contribution in [-0.2, 0) is 20.1 Å². The van der Waals surface area contributed by atoms with E-state index in [-0.39, 0.29) is 0 Å². The molecule has 0 radical (unpaired) electrons. The zero-order valence-electron chi connectivity index (χ0n) is 16.2. The van der Waals surface area contributed by atoms with Gasteiger partial charge < -0.3 is 16.0 Å². The molecule has 7 nitrogen and oxygen atoms in total. The van der Waals surface area contributed by atoms with Crippen LogP contribution in [0, 0.1) is 0 Å². The molecule has 0 aliphatic rings. The normalized spacial score (nSPS) is 11.7. The number of hydrogen-bond donors (Lipinski definition) is 2. The molecule has 0 fully saturated rings. The van der Waals surface area contributed by atoms with E-state index in [1.54, 1.807) is 19.2 Å². The first-order valence-corrected chi connectivity index (χ1v) is 8.64. The zero-order valence-corrected chi connectivity index (χ0v) is 16.2. The topological polar surface area (TPSA) is 88.5 Å². The number of nitrogens with one attached hydrogen (secondary N) is 1. The van der Waals surface area contributed by atoms with Crippen molar-refractivity contribution in [3.05, 3.63) is 52.8 Å². The number of guanidine groups is 1. The van der Waals surface area contributed by atoms with Crippen molar-refractivity contribution < 1.29 is 4.79 Å². The molecule has 0 saturated carbocycles. The van der Waals surface area contributed by atoms with Crippen molar-refractivity contribution in [2.24, 2.45) is 17.8 Å². The number of benzene rings is 1. The maximum Gasteiger partial charge on any atom is 0.248 e. The third-order valence-corrected chi connectivity index (χ3v) is 4.15. The van der Waals surface area contributed by atoms with Gasteiger partial charge in [0.25, 0.3) is 0 Å². The van der Waals surface area contributed by atoms with Crippen LogP contribution in [0.15, 0.2) is 35.5 Å². The molecular weight excluding hydrogens is 328 g/mol. The Kier molecular flexibility index (Phi) is 6.38. The number of hydrogen-bond acceptors (Lipinski definition) is 3. The molecule has 26 heavy (non-hydrogen) atoms. The molecule has 3 N–H and O–H groups in total. The van der Waals surface area contributed by atoms with Crippen molar-refractivity contribution in [2.75, 3.05) is 14.1 Å². The molecule has 2 rings (SSSR count). The summed E-state index contributed by atoms with van der Waals surface area (Å²) in [4.78, 5) is 17.6. The van der Waals surface area contributed by atoms with Crippen molar-refractivity contribution in [1.29, 1.82) is 0 Å². The van der Waals surface area contributed by atoms with Crippen LogP contribution in [0.25, 0.3) is 0 Å². The average Bonchev–Trinajstić information content (AvgIpc) is 2.96. The highest BCUT2D eigenvalue weighted by Crippen LogP contribution is 2.18. The number of amides is 1. The summed E-state index contributed by atoms with van der Waals surface area (Å²) >= 11 is 0. The Morgan fingerprint density at radius 1 is 1.35 bits per heavy atom. The molecule has 1 heterocycles. The van der Waals surface area contributed by atoms with E-state index in [4.69, 9.17) is 5.73 Å². The minimum absolute atomic E-state index is 0.373. The van der Waals surface area contributed by atoms with Gasteiger partial charge in [-0.25, -0.2) is 0 Å². The van der Waals surface area contributed by atoms with Gasteiger partial charge in [0.15, 0.2) is 5.96 Å². The molecule has 0 aliphatic heterocycles. The lowest BCUT2D eigenvalue weighted by Crippen LogP contribution is -2.38. The third-order valence-electron chi connectivity index (χ3n) is 4.15. The predicted molar refractivity (Wildman–Crippen MR) is 104 cm³/mol. The van der Waals surface area contributed by atoms with Gasteiger partial charge in [-0.3, -0.25) is 14.5 Å². The Hall–Kier alpha value is -2.83. The van der Waals surface area contributed by atoms with Gasteiger partial charge in [0.1, 0.15) is 0 Å². The van der Waals surface area contributed by atoms with Crippen molar-refractivity contribution in [2.45, 2.75) is 32.9 Å². The summed E-state index contributed by atoms with van der Waals surface area (Å²) in [7, 11) is 5.71. The van der Waals surface area contributed by atoms with Crippen LogP contribution in [0.4, 0.5) is 0 Å². The SMILES string of the molecule is CN=C(NCc1ccc(C(N)=O)cc1)N(C)Cc1cn(C)nc1C(C)C. The fourth-order valence-corrected chi connectivity index (χ4v) is 2.85. The summed E-state index contributed by atoms with van der Waals surface area (Å²) < 4.78 is 1.86. The summed E-state index contributed by atoms with van der Waals surface area (Å²) in [6.07, 6.45) is 2.06. The van der Waals surface area contributed by atoms with Gasteiger partial charge >= 0.3 is 0 Å². The van der Waals surface area contributed by atoms with Crippen LogP contribution >= 0.6 is 0 Å². The molecule has 140 valence electrons. The van der Waals surface area contributed by atoms with Crippen LogP contribution < -0.4 is 11.1 Å². The predicted octanol–water partition coefficient (Wildman–Crippen LogP) is 1.85. The Morgan fingerprint density at radius 2 is 2.00 bits per heavy atom. The van der Waals surface area contributed by atoms with Gasteiger partial charge in [-0.1, -0.05) is 26.0 Å². The average molecular weight is 356 g/mol. The van der Waals surface area contributed by atoms with E-state index in [0.717, 1.165) is 23.8 Å². The molecule has 1 aromatic heterocycles. The summed E-state index contributed by atoms with van der Waals surface area (Å²) in [6, 6.07) is 7.24. The highest BCUT2D eigenvalue weighted by Gasteiger charge is 2.15. The highest BCUT2D eigenvalue weighted by molar-refractivity contribution is 5.92. The second-order valence-corrected chi connectivity index (χ2v) is 6.69. The molecule has 1 amide bonds. The number of aromatic nitrogens is 2. The number of aryl methyl sites for hydroxylation is 1. The summed E-state index contributed by atoms with van der Waals surface area (Å²) in [5, 5.41) is 7.90. The van der Waals surface area contributed by atoms with Gasteiger partial charge in [0, 0.05) is 51.6 Å². The van der Waals surface area contributed by atoms with E-state index < -0.39 is 5.91 Å². The van der Waals surface area contributed by atoms with Crippen LogP contribution in [0.2, 0.25) is 0 Å². The Labute approximate surface area is 154 Å². The van der Waals surface area contributed by atoms with E-state index in [0.29, 0.717) is 18.0 Å². The number of primary amides is 1. The standard InChI is InChI=1S/C19H28N6O/c1-13(2)17-16(12-25(5)23-17)11-24(4)19(21-3)22-10-14-6-8-15(9-7-14)18(20)26/h6-9,12-13H,10-11H2,1-5H3,(H2,20,26)(H,21,22). The molecular formula is C19H28N6O. The molecule has 2 aromatic rings. The fourth-order valence-electron chi connectivity index (χ4n) is 2.85. The molecule has 0 aliphatic carbocycles. The first kappa shape index (κ1) is 19.5. The Morgan fingerprint density at radius 3 is 2.54 bits per heavy atom. The van der Waals surface area contributed by atoms with E-state index in [2.05, 4.69) is 40.4 Å².